The van der Waals surface area contributed by atoms with Crippen molar-refractivity contribution < 1.29 is 9.13 Å². The van der Waals surface area contributed by atoms with Crippen molar-refractivity contribution in [2.75, 3.05) is 6.54 Å². The van der Waals surface area contributed by atoms with Crippen LogP contribution in [-0.4, -0.2) is 6.54 Å². The van der Waals surface area contributed by atoms with E-state index in [1.165, 1.54) is 18.2 Å². The Morgan fingerprint density at radius 2 is 2.05 bits per heavy atom. The van der Waals surface area contributed by atoms with E-state index in [0.717, 1.165) is 5.56 Å². The monoisotopic (exact) mass is 280 g/mol. The first-order chi connectivity index (χ1) is 10.2. The van der Waals surface area contributed by atoms with Gasteiger partial charge in [-0.05, 0) is 35.9 Å². The summed E-state index contributed by atoms with van der Waals surface area (Å²) in [6.45, 7) is 0.471. The van der Waals surface area contributed by atoms with Crippen LogP contribution in [0.2, 0.25) is 0 Å². The van der Waals surface area contributed by atoms with E-state index in [1.807, 2.05) is 6.07 Å². The lowest BCUT2D eigenvalue weighted by molar-refractivity contribution is 0.305. The van der Waals surface area contributed by atoms with Crippen LogP contribution in [0.25, 0.3) is 0 Å². The van der Waals surface area contributed by atoms with Gasteiger partial charge < -0.3 is 10.5 Å². The first-order valence-corrected chi connectivity index (χ1v) is 6.33. The Kier molecular flexibility index (Phi) is 4.93. The number of nitriles is 1. The molecule has 0 saturated carbocycles. The van der Waals surface area contributed by atoms with Gasteiger partial charge in [0, 0.05) is 0 Å². The molecule has 0 bridgehead atoms. The maximum Gasteiger partial charge on any atom is 0.135 e. The van der Waals surface area contributed by atoms with E-state index in [4.69, 9.17) is 15.7 Å². The summed E-state index contributed by atoms with van der Waals surface area (Å²) in [7, 11) is 0. The number of rotatable bonds is 3. The SMILES string of the molecule is N#Cc1cccc(COc2ccc(F)cc2C#CCN)c1. The molecule has 0 aromatic heterocycles. The molecule has 3 nitrogen and oxygen atoms in total. The first kappa shape index (κ1) is 14.6. The third kappa shape index (κ3) is 4.07. The minimum atomic E-state index is -0.379. The van der Waals surface area contributed by atoms with Gasteiger partial charge in [0.25, 0.3) is 0 Å². The van der Waals surface area contributed by atoms with Crippen molar-refractivity contribution in [2.45, 2.75) is 6.61 Å². The molecule has 2 aromatic rings. The maximum absolute atomic E-state index is 13.2. The predicted octanol–water partition coefficient (Wildman–Crippen LogP) is 2.59. The average Bonchev–Trinajstić information content (AvgIpc) is 2.52. The van der Waals surface area contributed by atoms with Crippen molar-refractivity contribution in [3.8, 4) is 23.7 Å². The molecule has 0 fully saturated rings. The third-order valence-electron chi connectivity index (χ3n) is 2.72. The number of hydrogen-bond donors (Lipinski definition) is 1. The first-order valence-electron chi connectivity index (χ1n) is 6.33. The molecule has 104 valence electrons. The number of benzene rings is 2. The molecule has 0 aliphatic heterocycles. The molecule has 0 radical (unpaired) electrons. The van der Waals surface area contributed by atoms with Gasteiger partial charge in [0.15, 0.2) is 0 Å². The molecule has 2 rings (SSSR count). The molecular formula is C17H13FN2O. The Morgan fingerprint density at radius 1 is 1.19 bits per heavy atom. The Bertz CT molecular complexity index is 738. The van der Waals surface area contributed by atoms with E-state index in [2.05, 4.69) is 17.9 Å². The zero-order chi connectivity index (χ0) is 15.1. The van der Waals surface area contributed by atoms with Gasteiger partial charge in [0.1, 0.15) is 18.2 Å². The van der Waals surface area contributed by atoms with E-state index in [0.29, 0.717) is 16.9 Å². The lowest BCUT2D eigenvalue weighted by atomic mass is 10.1. The van der Waals surface area contributed by atoms with E-state index in [-0.39, 0.29) is 19.0 Å². The molecule has 2 aromatic carbocycles. The lowest BCUT2D eigenvalue weighted by Gasteiger charge is -2.08. The smallest absolute Gasteiger partial charge is 0.135 e. The Labute approximate surface area is 122 Å². The molecule has 0 amide bonds. The van der Waals surface area contributed by atoms with Gasteiger partial charge >= 0.3 is 0 Å². The van der Waals surface area contributed by atoms with E-state index < -0.39 is 0 Å². The molecule has 21 heavy (non-hydrogen) atoms. The average molecular weight is 280 g/mol. The Balaban J connectivity index is 2.18. The molecule has 0 spiro atoms. The van der Waals surface area contributed by atoms with Gasteiger partial charge in [0.2, 0.25) is 0 Å². The molecule has 0 aliphatic rings. The second-order valence-corrected chi connectivity index (χ2v) is 4.25. The summed E-state index contributed by atoms with van der Waals surface area (Å²) >= 11 is 0. The van der Waals surface area contributed by atoms with Gasteiger partial charge in [-0.15, -0.1) is 0 Å². The fraction of sp³-hybridized carbons (Fsp3) is 0.118. The van der Waals surface area contributed by atoms with Crippen LogP contribution in [0.4, 0.5) is 4.39 Å². The van der Waals surface area contributed by atoms with Crippen molar-refractivity contribution in [1.29, 1.82) is 5.26 Å². The van der Waals surface area contributed by atoms with Gasteiger partial charge in [0.05, 0.1) is 23.7 Å². The zero-order valence-electron chi connectivity index (χ0n) is 11.3. The van der Waals surface area contributed by atoms with E-state index in [9.17, 15) is 4.39 Å². The van der Waals surface area contributed by atoms with Crippen LogP contribution < -0.4 is 10.5 Å². The zero-order valence-corrected chi connectivity index (χ0v) is 11.3. The standard InChI is InChI=1S/C17H13FN2O/c18-16-6-7-17(15(10-16)5-2-8-19)21-12-14-4-1-3-13(9-14)11-20/h1,3-4,6-7,9-10H,8,12,19H2. The highest BCUT2D eigenvalue weighted by Crippen LogP contribution is 2.20. The molecular weight excluding hydrogens is 267 g/mol. The molecule has 4 heteroatoms. The third-order valence-corrected chi connectivity index (χ3v) is 2.72. The molecule has 0 saturated heterocycles. The minimum Gasteiger partial charge on any atom is -0.488 e. The highest BCUT2D eigenvalue weighted by molar-refractivity contribution is 5.46. The number of ether oxygens (including phenoxy) is 1. The quantitative estimate of drug-likeness (QED) is 0.879. The second-order valence-electron chi connectivity index (χ2n) is 4.25. The van der Waals surface area contributed by atoms with Gasteiger partial charge in [-0.2, -0.15) is 5.26 Å². The van der Waals surface area contributed by atoms with Crippen molar-refractivity contribution in [2.24, 2.45) is 5.73 Å². The molecule has 0 atom stereocenters. The summed E-state index contributed by atoms with van der Waals surface area (Å²) in [6.07, 6.45) is 0. The fourth-order valence-electron chi connectivity index (χ4n) is 1.76. The molecule has 0 heterocycles. The molecule has 2 N–H and O–H groups in total. The number of hydrogen-bond acceptors (Lipinski definition) is 3. The summed E-state index contributed by atoms with van der Waals surface area (Å²) in [6, 6.07) is 13.3. The number of nitrogens with zero attached hydrogens (tertiary/aromatic N) is 1. The van der Waals surface area contributed by atoms with Crippen LogP contribution in [0.1, 0.15) is 16.7 Å². The second kappa shape index (κ2) is 7.09. The van der Waals surface area contributed by atoms with Gasteiger partial charge in [-0.1, -0.05) is 24.0 Å². The van der Waals surface area contributed by atoms with Gasteiger partial charge in [-0.3, -0.25) is 0 Å². The number of nitrogens with two attached hydrogens (primary N) is 1. The topological polar surface area (TPSA) is 59.0 Å². The molecule has 0 unspecified atom stereocenters. The predicted molar refractivity (Wildman–Crippen MR) is 77.8 cm³/mol. The number of halogens is 1. The van der Waals surface area contributed by atoms with E-state index >= 15 is 0 Å². The highest BCUT2D eigenvalue weighted by Gasteiger charge is 2.04. The fourth-order valence-corrected chi connectivity index (χ4v) is 1.76. The highest BCUT2D eigenvalue weighted by atomic mass is 19.1. The van der Waals surface area contributed by atoms with Crippen molar-refractivity contribution in [3.05, 3.63) is 65.0 Å². The van der Waals surface area contributed by atoms with Gasteiger partial charge in [-0.25, -0.2) is 4.39 Å². The Morgan fingerprint density at radius 3 is 2.81 bits per heavy atom. The van der Waals surface area contributed by atoms with Crippen molar-refractivity contribution in [1.82, 2.24) is 0 Å². The largest absolute Gasteiger partial charge is 0.488 e. The normalized spacial score (nSPS) is 9.38. The van der Waals surface area contributed by atoms with Crippen molar-refractivity contribution in [3.63, 3.8) is 0 Å². The summed E-state index contributed by atoms with van der Waals surface area (Å²) in [5.41, 5.74) is 7.20. The summed E-state index contributed by atoms with van der Waals surface area (Å²) in [4.78, 5) is 0. The van der Waals surface area contributed by atoms with Crippen LogP contribution in [0, 0.1) is 29.0 Å². The van der Waals surface area contributed by atoms with Crippen LogP contribution in [0.15, 0.2) is 42.5 Å². The summed E-state index contributed by atoms with van der Waals surface area (Å²) in [5, 5.41) is 8.86. The lowest BCUT2D eigenvalue weighted by Crippen LogP contribution is -1.99. The Hall–Kier alpha value is -2.82. The van der Waals surface area contributed by atoms with E-state index in [1.54, 1.807) is 18.2 Å². The van der Waals surface area contributed by atoms with Crippen LogP contribution >= 0.6 is 0 Å². The summed E-state index contributed by atoms with van der Waals surface area (Å²) < 4.78 is 18.9. The van der Waals surface area contributed by atoms with Crippen LogP contribution in [0.3, 0.4) is 0 Å². The van der Waals surface area contributed by atoms with Crippen LogP contribution in [0.5, 0.6) is 5.75 Å². The summed E-state index contributed by atoms with van der Waals surface area (Å²) in [5.74, 6) is 5.56. The maximum atomic E-state index is 13.2. The van der Waals surface area contributed by atoms with Crippen LogP contribution in [-0.2, 0) is 6.61 Å². The van der Waals surface area contributed by atoms with Crippen molar-refractivity contribution >= 4 is 0 Å². The minimum absolute atomic E-state index is 0.195. The molecule has 0 aliphatic carbocycles.